The van der Waals surface area contributed by atoms with Crippen LogP contribution in [0.1, 0.15) is 5.56 Å². The summed E-state index contributed by atoms with van der Waals surface area (Å²) in [5, 5.41) is 4.19. The third-order valence-corrected chi connectivity index (χ3v) is 4.88. The number of nitrogens with zero attached hydrogens (tertiary/aromatic N) is 2. The van der Waals surface area contributed by atoms with Gasteiger partial charge < -0.3 is 4.74 Å². The molecule has 0 saturated carbocycles. The fourth-order valence-corrected chi connectivity index (χ4v) is 3.57. The first-order valence-corrected chi connectivity index (χ1v) is 8.80. The van der Waals surface area contributed by atoms with Crippen molar-refractivity contribution in [2.24, 2.45) is 0 Å². The molecule has 0 amide bonds. The van der Waals surface area contributed by atoms with Crippen LogP contribution in [0.5, 0.6) is 5.75 Å². The molecule has 1 heterocycles. The van der Waals surface area contributed by atoms with Gasteiger partial charge in [-0.25, -0.2) is 13.1 Å². The molecule has 1 N–H and O–H groups in total. The predicted octanol–water partition coefficient (Wildman–Crippen LogP) is 2.74. The van der Waals surface area contributed by atoms with Gasteiger partial charge in [-0.3, -0.25) is 4.72 Å². The molecule has 2 aromatic carbocycles. The lowest BCUT2D eigenvalue weighted by Gasteiger charge is -2.13. The summed E-state index contributed by atoms with van der Waals surface area (Å²) in [6.07, 6.45) is 1.56. The molecule has 0 bridgehead atoms. The fraction of sp³-hybridized carbons (Fsp3) is 0.118. The van der Waals surface area contributed by atoms with Crippen LogP contribution in [0.15, 0.2) is 71.8 Å². The quantitative estimate of drug-likeness (QED) is 0.747. The van der Waals surface area contributed by atoms with Crippen LogP contribution in [0.3, 0.4) is 0 Å². The van der Waals surface area contributed by atoms with Gasteiger partial charge in [-0.05, 0) is 17.7 Å². The first kappa shape index (κ1) is 16.1. The molecule has 0 spiro atoms. The third kappa shape index (κ3) is 3.41. The first-order valence-electron chi connectivity index (χ1n) is 7.32. The highest BCUT2D eigenvalue weighted by Crippen LogP contribution is 2.25. The standard InChI is InChI=1S/C17H17N3O3S/c1-23-15-9-5-6-10-16(15)24(21,22)19-17-11-12-18-20(17)13-14-7-3-2-4-8-14/h2-12,19H,13H2,1H3. The zero-order chi connectivity index (χ0) is 17.0. The van der Waals surface area contributed by atoms with E-state index in [1.807, 2.05) is 30.3 Å². The van der Waals surface area contributed by atoms with Crippen molar-refractivity contribution in [3.05, 3.63) is 72.4 Å². The number of rotatable bonds is 6. The van der Waals surface area contributed by atoms with Crippen molar-refractivity contribution in [3.8, 4) is 5.75 Å². The van der Waals surface area contributed by atoms with Crippen LogP contribution in [-0.4, -0.2) is 25.3 Å². The molecule has 0 aliphatic rings. The van der Waals surface area contributed by atoms with Crippen molar-refractivity contribution in [1.29, 1.82) is 0 Å². The number of ether oxygens (including phenoxy) is 1. The Hall–Kier alpha value is -2.80. The lowest BCUT2D eigenvalue weighted by atomic mass is 10.2. The van der Waals surface area contributed by atoms with E-state index in [1.165, 1.54) is 13.2 Å². The molecule has 0 fully saturated rings. The Kier molecular flexibility index (Phi) is 4.52. The molecule has 3 aromatic rings. The molecule has 7 heteroatoms. The molecule has 1 aromatic heterocycles. The summed E-state index contributed by atoms with van der Waals surface area (Å²) >= 11 is 0. The molecule has 0 unspecified atom stereocenters. The van der Waals surface area contributed by atoms with E-state index >= 15 is 0 Å². The van der Waals surface area contributed by atoms with Gasteiger partial charge in [-0.1, -0.05) is 42.5 Å². The summed E-state index contributed by atoms with van der Waals surface area (Å²) in [6, 6.07) is 17.8. The highest BCUT2D eigenvalue weighted by atomic mass is 32.2. The zero-order valence-electron chi connectivity index (χ0n) is 13.1. The normalized spacial score (nSPS) is 11.2. The Morgan fingerprint density at radius 1 is 1.04 bits per heavy atom. The minimum atomic E-state index is -3.78. The summed E-state index contributed by atoms with van der Waals surface area (Å²) < 4.78 is 34.6. The van der Waals surface area contributed by atoms with Crippen LogP contribution >= 0.6 is 0 Å². The molecule has 0 radical (unpaired) electrons. The average molecular weight is 343 g/mol. The molecule has 0 atom stereocenters. The van der Waals surface area contributed by atoms with Crippen LogP contribution in [0, 0.1) is 0 Å². The average Bonchev–Trinajstić information content (AvgIpc) is 3.02. The molecular formula is C17H17N3O3S. The molecule has 24 heavy (non-hydrogen) atoms. The van der Waals surface area contributed by atoms with Crippen molar-refractivity contribution in [3.63, 3.8) is 0 Å². The maximum absolute atomic E-state index is 12.7. The van der Waals surface area contributed by atoms with E-state index in [9.17, 15) is 8.42 Å². The van der Waals surface area contributed by atoms with Gasteiger partial charge in [0.2, 0.25) is 0 Å². The van der Waals surface area contributed by atoms with Gasteiger partial charge in [0.25, 0.3) is 10.0 Å². The maximum atomic E-state index is 12.7. The Bertz CT molecular complexity index is 921. The van der Waals surface area contributed by atoms with E-state index < -0.39 is 10.0 Å². The minimum absolute atomic E-state index is 0.0833. The molecule has 0 saturated heterocycles. The van der Waals surface area contributed by atoms with Crippen LogP contribution in [0.2, 0.25) is 0 Å². The number of sulfonamides is 1. The van der Waals surface area contributed by atoms with E-state index in [0.29, 0.717) is 18.1 Å². The summed E-state index contributed by atoms with van der Waals surface area (Å²) in [4.78, 5) is 0.0833. The van der Waals surface area contributed by atoms with Crippen molar-refractivity contribution >= 4 is 15.8 Å². The van der Waals surface area contributed by atoms with Crippen molar-refractivity contribution in [2.45, 2.75) is 11.4 Å². The molecule has 124 valence electrons. The van der Waals surface area contributed by atoms with Gasteiger partial charge in [0.1, 0.15) is 16.5 Å². The summed E-state index contributed by atoms with van der Waals surface area (Å²) in [6.45, 7) is 0.470. The van der Waals surface area contributed by atoms with Crippen molar-refractivity contribution < 1.29 is 13.2 Å². The number of methoxy groups -OCH3 is 1. The smallest absolute Gasteiger partial charge is 0.266 e. The van der Waals surface area contributed by atoms with E-state index in [-0.39, 0.29) is 4.90 Å². The van der Waals surface area contributed by atoms with Gasteiger partial charge in [0.05, 0.1) is 19.9 Å². The Balaban J connectivity index is 1.88. The monoisotopic (exact) mass is 343 g/mol. The summed E-state index contributed by atoms with van der Waals surface area (Å²) in [5.74, 6) is 0.684. The molecule has 0 aliphatic carbocycles. The van der Waals surface area contributed by atoms with Crippen LogP contribution in [0.25, 0.3) is 0 Å². The lowest BCUT2D eigenvalue weighted by molar-refractivity contribution is 0.403. The van der Waals surface area contributed by atoms with Crippen molar-refractivity contribution in [2.75, 3.05) is 11.8 Å². The Morgan fingerprint density at radius 3 is 2.50 bits per heavy atom. The van der Waals surface area contributed by atoms with E-state index in [1.54, 1.807) is 35.1 Å². The highest BCUT2D eigenvalue weighted by Gasteiger charge is 2.20. The number of anilines is 1. The van der Waals surface area contributed by atoms with E-state index in [4.69, 9.17) is 4.74 Å². The topological polar surface area (TPSA) is 73.2 Å². The molecule has 0 aliphatic heterocycles. The van der Waals surface area contributed by atoms with Gasteiger partial charge in [-0.15, -0.1) is 0 Å². The minimum Gasteiger partial charge on any atom is -0.495 e. The largest absolute Gasteiger partial charge is 0.495 e. The fourth-order valence-electron chi connectivity index (χ4n) is 2.34. The van der Waals surface area contributed by atoms with E-state index in [2.05, 4.69) is 9.82 Å². The van der Waals surface area contributed by atoms with Crippen molar-refractivity contribution in [1.82, 2.24) is 9.78 Å². The third-order valence-electron chi connectivity index (χ3n) is 3.49. The van der Waals surface area contributed by atoms with Gasteiger partial charge in [0, 0.05) is 6.07 Å². The molecule has 3 rings (SSSR count). The summed E-state index contributed by atoms with van der Waals surface area (Å²) in [7, 11) is -2.34. The summed E-state index contributed by atoms with van der Waals surface area (Å²) in [5.41, 5.74) is 1.03. The Morgan fingerprint density at radius 2 is 1.75 bits per heavy atom. The molecular weight excluding hydrogens is 326 g/mol. The number of aromatic nitrogens is 2. The van der Waals surface area contributed by atoms with Gasteiger partial charge in [-0.2, -0.15) is 5.10 Å². The van der Waals surface area contributed by atoms with Gasteiger partial charge >= 0.3 is 0 Å². The Labute approximate surface area is 140 Å². The first-order chi connectivity index (χ1) is 11.6. The second-order valence-electron chi connectivity index (χ2n) is 5.12. The second-order valence-corrected chi connectivity index (χ2v) is 6.77. The van der Waals surface area contributed by atoms with Crippen LogP contribution in [-0.2, 0) is 16.6 Å². The number of benzene rings is 2. The number of hydrogen-bond acceptors (Lipinski definition) is 4. The number of nitrogens with one attached hydrogen (secondary N) is 1. The number of hydrogen-bond donors (Lipinski definition) is 1. The highest BCUT2D eigenvalue weighted by molar-refractivity contribution is 7.92. The predicted molar refractivity (Wildman–Crippen MR) is 91.6 cm³/mol. The SMILES string of the molecule is COc1ccccc1S(=O)(=O)Nc1ccnn1Cc1ccccc1. The molecule has 6 nitrogen and oxygen atoms in total. The zero-order valence-corrected chi connectivity index (χ0v) is 13.9. The van der Waals surface area contributed by atoms with Crippen LogP contribution < -0.4 is 9.46 Å². The lowest BCUT2D eigenvalue weighted by Crippen LogP contribution is -2.17. The second kappa shape index (κ2) is 6.76. The van der Waals surface area contributed by atoms with Gasteiger partial charge in [0.15, 0.2) is 0 Å². The van der Waals surface area contributed by atoms with E-state index in [0.717, 1.165) is 5.56 Å². The number of para-hydroxylation sites is 1. The maximum Gasteiger partial charge on any atom is 0.266 e. The van der Waals surface area contributed by atoms with Crippen LogP contribution in [0.4, 0.5) is 5.82 Å².